The van der Waals surface area contributed by atoms with Crippen molar-refractivity contribution in [1.82, 2.24) is 15.3 Å². The summed E-state index contributed by atoms with van der Waals surface area (Å²) in [6, 6.07) is 9.83. The molecule has 0 atom stereocenters. The van der Waals surface area contributed by atoms with Crippen LogP contribution in [0.25, 0.3) is 0 Å². The van der Waals surface area contributed by atoms with Gasteiger partial charge in [-0.1, -0.05) is 18.6 Å². The molecule has 0 unspecified atom stereocenters. The molecule has 24 heavy (non-hydrogen) atoms. The monoisotopic (exact) mass is 327 g/mol. The molecule has 3 rings (SSSR count). The van der Waals surface area contributed by atoms with Gasteiger partial charge in [-0.15, -0.1) is 0 Å². The summed E-state index contributed by atoms with van der Waals surface area (Å²) in [6.45, 7) is 0.357. The Labute approximate surface area is 141 Å². The van der Waals surface area contributed by atoms with E-state index in [-0.39, 0.29) is 5.91 Å². The first-order valence-corrected chi connectivity index (χ1v) is 7.97. The van der Waals surface area contributed by atoms with E-state index in [0.717, 1.165) is 36.3 Å². The van der Waals surface area contributed by atoms with Crippen molar-refractivity contribution in [2.45, 2.75) is 31.2 Å². The van der Waals surface area contributed by atoms with Crippen LogP contribution in [-0.2, 0) is 16.8 Å². The molecule has 0 spiro atoms. The number of carbonyl (C=O) groups is 1. The highest BCUT2D eigenvalue weighted by atomic mass is 16.5. The van der Waals surface area contributed by atoms with Crippen molar-refractivity contribution >= 4 is 5.91 Å². The van der Waals surface area contributed by atoms with Gasteiger partial charge in [0.1, 0.15) is 5.75 Å². The maximum absolute atomic E-state index is 12.8. The largest absolute Gasteiger partial charge is 0.497 e. The molecule has 6 heteroatoms. The van der Waals surface area contributed by atoms with E-state index < -0.39 is 5.41 Å². The molecule has 6 nitrogen and oxygen atoms in total. The number of aromatic nitrogens is 2. The van der Waals surface area contributed by atoms with Gasteiger partial charge in [-0.3, -0.25) is 4.79 Å². The minimum Gasteiger partial charge on any atom is -0.497 e. The number of nitrogens with one attached hydrogen (secondary N) is 1. The van der Waals surface area contributed by atoms with Crippen molar-refractivity contribution in [2.75, 3.05) is 14.2 Å². The lowest BCUT2D eigenvalue weighted by molar-refractivity contribution is -0.130. The van der Waals surface area contributed by atoms with Gasteiger partial charge < -0.3 is 14.8 Å². The summed E-state index contributed by atoms with van der Waals surface area (Å²) in [4.78, 5) is 21.0. The number of nitrogens with zero attached hydrogens (tertiary/aromatic N) is 2. The van der Waals surface area contributed by atoms with E-state index in [9.17, 15) is 4.79 Å². The molecule has 1 heterocycles. The summed E-state index contributed by atoms with van der Waals surface area (Å²) in [5, 5.41) is 3.00. The van der Waals surface area contributed by atoms with Gasteiger partial charge in [-0.05, 0) is 36.6 Å². The number of ether oxygens (including phenoxy) is 2. The van der Waals surface area contributed by atoms with Crippen LogP contribution in [0.5, 0.6) is 11.8 Å². The topological polar surface area (TPSA) is 73.3 Å². The van der Waals surface area contributed by atoms with Crippen molar-refractivity contribution in [2.24, 2.45) is 0 Å². The zero-order chi connectivity index (χ0) is 17.0. The highest BCUT2D eigenvalue weighted by Gasteiger charge is 2.45. The molecule has 1 N–H and O–H groups in total. The smallest absolute Gasteiger partial charge is 0.316 e. The second-order valence-electron chi connectivity index (χ2n) is 5.88. The van der Waals surface area contributed by atoms with Gasteiger partial charge in [0.15, 0.2) is 0 Å². The quantitative estimate of drug-likeness (QED) is 0.881. The summed E-state index contributed by atoms with van der Waals surface area (Å²) in [5.41, 5.74) is 1.32. The molecule has 1 aromatic heterocycles. The third kappa shape index (κ3) is 3.04. The Bertz CT molecular complexity index is 712. The second kappa shape index (κ2) is 6.86. The molecule has 0 aliphatic heterocycles. The third-order valence-electron chi connectivity index (χ3n) is 4.59. The minimum atomic E-state index is -0.441. The first-order valence-electron chi connectivity index (χ1n) is 7.97. The SMILES string of the molecule is COc1ccc(C2(C(=O)NCc3ccnc(OC)n3)CCC2)cc1. The van der Waals surface area contributed by atoms with Gasteiger partial charge in [0.05, 0.1) is 31.9 Å². The van der Waals surface area contributed by atoms with Gasteiger partial charge in [0.2, 0.25) is 5.91 Å². The van der Waals surface area contributed by atoms with Crippen molar-refractivity contribution < 1.29 is 14.3 Å². The maximum Gasteiger partial charge on any atom is 0.316 e. The van der Waals surface area contributed by atoms with Crippen LogP contribution in [0.4, 0.5) is 0 Å². The molecule has 0 radical (unpaired) electrons. The van der Waals surface area contributed by atoms with Crippen LogP contribution >= 0.6 is 0 Å². The predicted molar refractivity (Wildman–Crippen MR) is 89.0 cm³/mol. The van der Waals surface area contributed by atoms with E-state index in [1.807, 2.05) is 24.3 Å². The fraction of sp³-hybridized carbons (Fsp3) is 0.389. The summed E-state index contributed by atoms with van der Waals surface area (Å²) < 4.78 is 10.2. The molecule has 126 valence electrons. The van der Waals surface area contributed by atoms with Crippen molar-refractivity contribution in [3.63, 3.8) is 0 Å². The Morgan fingerprint density at radius 3 is 2.50 bits per heavy atom. The summed E-state index contributed by atoms with van der Waals surface area (Å²) in [5.74, 6) is 0.832. The first-order chi connectivity index (χ1) is 11.7. The van der Waals surface area contributed by atoms with E-state index in [4.69, 9.17) is 9.47 Å². The highest BCUT2D eigenvalue weighted by molar-refractivity contribution is 5.89. The fourth-order valence-electron chi connectivity index (χ4n) is 3.00. The Morgan fingerprint density at radius 2 is 1.92 bits per heavy atom. The van der Waals surface area contributed by atoms with E-state index in [1.54, 1.807) is 19.4 Å². The van der Waals surface area contributed by atoms with Crippen molar-refractivity contribution in [3.05, 3.63) is 47.8 Å². The van der Waals surface area contributed by atoms with Gasteiger partial charge in [0.25, 0.3) is 0 Å². The molecule has 1 fully saturated rings. The van der Waals surface area contributed by atoms with Gasteiger partial charge in [-0.25, -0.2) is 4.98 Å². The Balaban J connectivity index is 1.71. The maximum atomic E-state index is 12.8. The third-order valence-corrected chi connectivity index (χ3v) is 4.59. The molecule has 1 amide bonds. The molecule has 1 aliphatic rings. The lowest BCUT2D eigenvalue weighted by Crippen LogP contribution is -2.49. The Hall–Kier alpha value is -2.63. The van der Waals surface area contributed by atoms with E-state index in [0.29, 0.717) is 12.6 Å². The number of benzene rings is 1. The van der Waals surface area contributed by atoms with Crippen molar-refractivity contribution in [3.8, 4) is 11.8 Å². The lowest BCUT2D eigenvalue weighted by atomic mass is 9.64. The highest BCUT2D eigenvalue weighted by Crippen LogP contribution is 2.44. The van der Waals surface area contributed by atoms with Gasteiger partial charge >= 0.3 is 6.01 Å². The lowest BCUT2D eigenvalue weighted by Gasteiger charge is -2.40. The molecule has 0 bridgehead atoms. The number of carbonyl (C=O) groups excluding carboxylic acids is 1. The molecule has 2 aromatic rings. The molecule has 1 aliphatic carbocycles. The summed E-state index contributed by atoms with van der Waals surface area (Å²) in [7, 11) is 3.15. The average molecular weight is 327 g/mol. The van der Waals surface area contributed by atoms with Crippen LogP contribution in [-0.4, -0.2) is 30.1 Å². The number of hydrogen-bond acceptors (Lipinski definition) is 5. The Morgan fingerprint density at radius 1 is 1.17 bits per heavy atom. The molecule has 1 saturated carbocycles. The van der Waals surface area contributed by atoms with E-state index in [1.165, 1.54) is 7.11 Å². The number of amides is 1. The average Bonchev–Trinajstić information content (AvgIpc) is 2.60. The second-order valence-corrected chi connectivity index (χ2v) is 5.88. The molecule has 0 saturated heterocycles. The number of methoxy groups -OCH3 is 2. The molecular weight excluding hydrogens is 306 g/mol. The van der Waals surface area contributed by atoms with E-state index in [2.05, 4.69) is 15.3 Å². The standard InChI is InChI=1S/C18H21N3O3/c1-23-15-6-4-13(5-7-15)18(9-3-10-18)16(22)20-12-14-8-11-19-17(21-14)24-2/h4-8,11H,3,9-10,12H2,1-2H3,(H,20,22). The van der Waals surface area contributed by atoms with Gasteiger partial charge in [0, 0.05) is 6.20 Å². The van der Waals surface area contributed by atoms with Crippen molar-refractivity contribution in [1.29, 1.82) is 0 Å². The van der Waals surface area contributed by atoms with Crippen LogP contribution in [0.1, 0.15) is 30.5 Å². The first kappa shape index (κ1) is 16.2. The van der Waals surface area contributed by atoms with Crippen LogP contribution in [0, 0.1) is 0 Å². The van der Waals surface area contributed by atoms with E-state index >= 15 is 0 Å². The zero-order valence-corrected chi connectivity index (χ0v) is 13.9. The van der Waals surface area contributed by atoms with Gasteiger partial charge in [-0.2, -0.15) is 4.98 Å². The fourth-order valence-corrected chi connectivity index (χ4v) is 3.00. The summed E-state index contributed by atoms with van der Waals surface area (Å²) >= 11 is 0. The van der Waals surface area contributed by atoms with Crippen LogP contribution in [0.15, 0.2) is 36.5 Å². The number of rotatable bonds is 6. The molecular formula is C18H21N3O3. The predicted octanol–water partition coefficient (Wildman–Crippen LogP) is 2.23. The number of hydrogen-bond donors (Lipinski definition) is 1. The summed E-state index contributed by atoms with van der Waals surface area (Å²) in [6.07, 6.45) is 4.40. The molecule has 1 aromatic carbocycles. The van der Waals surface area contributed by atoms with Crippen LogP contribution in [0.3, 0.4) is 0 Å². The Kier molecular flexibility index (Phi) is 4.64. The normalized spacial score (nSPS) is 15.2. The zero-order valence-electron chi connectivity index (χ0n) is 13.9. The van der Waals surface area contributed by atoms with Crippen LogP contribution in [0.2, 0.25) is 0 Å². The van der Waals surface area contributed by atoms with Crippen LogP contribution < -0.4 is 14.8 Å². The minimum absolute atomic E-state index is 0.0384.